The van der Waals surface area contributed by atoms with E-state index in [4.69, 9.17) is 11.6 Å². The second-order valence-corrected chi connectivity index (χ2v) is 6.41. The van der Waals surface area contributed by atoms with Crippen LogP contribution in [0.2, 0.25) is 5.02 Å². The molecule has 100 valence electrons. The lowest BCUT2D eigenvalue weighted by molar-refractivity contribution is -0.122. The highest BCUT2D eigenvalue weighted by atomic mass is 79.9. The SMILES string of the molecule is CC(Nc1cccc(Cl)c1Br)C(=O)NC(C)(C)C. The first-order valence-corrected chi connectivity index (χ1v) is 6.90. The van der Waals surface area contributed by atoms with E-state index in [-0.39, 0.29) is 17.5 Å². The van der Waals surface area contributed by atoms with E-state index in [1.54, 1.807) is 6.07 Å². The van der Waals surface area contributed by atoms with E-state index in [0.29, 0.717) is 5.02 Å². The highest BCUT2D eigenvalue weighted by molar-refractivity contribution is 9.10. The van der Waals surface area contributed by atoms with Crippen LogP contribution in [0.5, 0.6) is 0 Å². The number of benzene rings is 1. The lowest BCUT2D eigenvalue weighted by Crippen LogP contribution is -2.47. The van der Waals surface area contributed by atoms with Crippen molar-refractivity contribution in [3.05, 3.63) is 27.7 Å². The summed E-state index contributed by atoms with van der Waals surface area (Å²) in [4.78, 5) is 11.9. The predicted molar refractivity (Wildman–Crippen MR) is 80.1 cm³/mol. The summed E-state index contributed by atoms with van der Waals surface area (Å²) in [6.45, 7) is 7.67. The average Bonchev–Trinajstić information content (AvgIpc) is 2.22. The largest absolute Gasteiger partial charge is 0.373 e. The van der Waals surface area contributed by atoms with Crippen LogP contribution in [0.4, 0.5) is 5.69 Å². The van der Waals surface area contributed by atoms with E-state index in [1.807, 2.05) is 39.8 Å². The van der Waals surface area contributed by atoms with Gasteiger partial charge in [-0.15, -0.1) is 0 Å². The molecule has 2 N–H and O–H groups in total. The number of halogens is 2. The van der Waals surface area contributed by atoms with Crippen molar-refractivity contribution in [3.63, 3.8) is 0 Å². The molecule has 5 heteroatoms. The minimum absolute atomic E-state index is 0.0469. The molecule has 0 aliphatic heterocycles. The first kappa shape index (κ1) is 15.3. The van der Waals surface area contributed by atoms with Crippen LogP contribution in [-0.2, 0) is 4.79 Å². The fraction of sp³-hybridized carbons (Fsp3) is 0.462. The van der Waals surface area contributed by atoms with Gasteiger partial charge in [0.15, 0.2) is 0 Å². The Morgan fingerprint density at radius 3 is 2.56 bits per heavy atom. The average molecular weight is 334 g/mol. The van der Waals surface area contributed by atoms with E-state index >= 15 is 0 Å². The van der Waals surface area contributed by atoms with Crippen LogP contribution in [0.25, 0.3) is 0 Å². The summed E-state index contributed by atoms with van der Waals surface area (Å²) >= 11 is 9.39. The standard InChI is InChI=1S/C13H18BrClN2O/c1-8(12(18)17-13(2,3)4)16-10-7-5-6-9(15)11(10)14/h5-8,16H,1-4H3,(H,17,18). The molecule has 0 saturated carbocycles. The number of hydrogen-bond donors (Lipinski definition) is 2. The van der Waals surface area contributed by atoms with Crippen molar-refractivity contribution in [3.8, 4) is 0 Å². The maximum absolute atomic E-state index is 11.9. The number of anilines is 1. The van der Waals surface area contributed by atoms with E-state index < -0.39 is 0 Å². The molecular formula is C13H18BrClN2O. The molecule has 1 aromatic rings. The van der Waals surface area contributed by atoms with Gasteiger partial charge in [-0.3, -0.25) is 4.79 Å². The van der Waals surface area contributed by atoms with Crippen molar-refractivity contribution in [1.82, 2.24) is 5.32 Å². The molecule has 0 fully saturated rings. The predicted octanol–water partition coefficient (Wildman–Crippen LogP) is 3.82. The number of nitrogens with one attached hydrogen (secondary N) is 2. The molecule has 1 aromatic carbocycles. The molecule has 1 amide bonds. The van der Waals surface area contributed by atoms with Crippen molar-refractivity contribution in [2.75, 3.05) is 5.32 Å². The van der Waals surface area contributed by atoms with Crippen molar-refractivity contribution in [1.29, 1.82) is 0 Å². The van der Waals surface area contributed by atoms with Crippen LogP contribution < -0.4 is 10.6 Å². The fourth-order valence-electron chi connectivity index (χ4n) is 1.39. The Morgan fingerprint density at radius 2 is 2.00 bits per heavy atom. The van der Waals surface area contributed by atoms with Crippen molar-refractivity contribution in [2.24, 2.45) is 0 Å². The highest BCUT2D eigenvalue weighted by Gasteiger charge is 2.19. The number of carbonyl (C=O) groups is 1. The molecule has 0 bridgehead atoms. The molecule has 1 unspecified atom stereocenters. The van der Waals surface area contributed by atoms with Gasteiger partial charge in [-0.1, -0.05) is 17.7 Å². The van der Waals surface area contributed by atoms with Gasteiger partial charge in [-0.05, 0) is 55.8 Å². The Hall–Kier alpha value is -0.740. The van der Waals surface area contributed by atoms with Crippen LogP contribution in [-0.4, -0.2) is 17.5 Å². The molecule has 1 rings (SSSR count). The summed E-state index contributed by atoms with van der Waals surface area (Å²) in [5, 5.41) is 6.67. The van der Waals surface area contributed by atoms with Crippen LogP contribution in [0.15, 0.2) is 22.7 Å². The number of rotatable bonds is 3. The Bertz CT molecular complexity index is 443. The Balaban J connectivity index is 2.73. The lowest BCUT2D eigenvalue weighted by atomic mass is 10.1. The maximum Gasteiger partial charge on any atom is 0.242 e. The van der Waals surface area contributed by atoms with Gasteiger partial charge in [-0.2, -0.15) is 0 Å². The van der Waals surface area contributed by atoms with Crippen molar-refractivity contribution >= 4 is 39.1 Å². The monoisotopic (exact) mass is 332 g/mol. The van der Waals surface area contributed by atoms with Gasteiger partial charge >= 0.3 is 0 Å². The molecule has 0 heterocycles. The molecule has 0 aromatic heterocycles. The first-order chi connectivity index (χ1) is 8.20. The summed E-state index contributed by atoms with van der Waals surface area (Å²) < 4.78 is 0.766. The minimum atomic E-state index is -0.334. The zero-order chi connectivity index (χ0) is 13.9. The summed E-state index contributed by atoms with van der Waals surface area (Å²) in [6, 6.07) is 5.16. The molecule has 0 saturated heterocycles. The van der Waals surface area contributed by atoms with Crippen molar-refractivity contribution < 1.29 is 4.79 Å². The summed E-state index contributed by atoms with van der Waals surface area (Å²) in [5.74, 6) is -0.0469. The first-order valence-electron chi connectivity index (χ1n) is 5.73. The zero-order valence-corrected chi connectivity index (χ0v) is 13.3. The van der Waals surface area contributed by atoms with E-state index in [2.05, 4.69) is 26.6 Å². The summed E-state index contributed by atoms with van der Waals surface area (Å²) in [7, 11) is 0. The maximum atomic E-state index is 11.9. The molecule has 1 atom stereocenters. The third kappa shape index (κ3) is 4.50. The highest BCUT2D eigenvalue weighted by Crippen LogP contribution is 2.30. The normalized spacial score (nSPS) is 13.0. The second kappa shape index (κ2) is 5.93. The topological polar surface area (TPSA) is 41.1 Å². The molecule has 0 radical (unpaired) electrons. The third-order valence-electron chi connectivity index (χ3n) is 2.22. The van der Waals surface area contributed by atoms with E-state index in [0.717, 1.165) is 10.2 Å². The molecule has 0 aliphatic carbocycles. The Labute approximate surface area is 121 Å². The summed E-state index contributed by atoms with van der Waals surface area (Å²) in [5.41, 5.74) is 0.567. The van der Waals surface area contributed by atoms with Gasteiger partial charge in [-0.25, -0.2) is 0 Å². The van der Waals surface area contributed by atoms with Crippen LogP contribution in [0.3, 0.4) is 0 Å². The van der Waals surface area contributed by atoms with Crippen LogP contribution in [0, 0.1) is 0 Å². The van der Waals surface area contributed by atoms with Gasteiger partial charge < -0.3 is 10.6 Å². The number of hydrogen-bond acceptors (Lipinski definition) is 2. The minimum Gasteiger partial charge on any atom is -0.373 e. The molecule has 18 heavy (non-hydrogen) atoms. The van der Waals surface area contributed by atoms with Crippen molar-refractivity contribution in [2.45, 2.75) is 39.3 Å². The van der Waals surface area contributed by atoms with E-state index in [9.17, 15) is 4.79 Å². The molecule has 0 spiro atoms. The third-order valence-corrected chi connectivity index (χ3v) is 3.61. The number of amides is 1. The quantitative estimate of drug-likeness (QED) is 0.883. The van der Waals surface area contributed by atoms with Gasteiger partial charge in [0.05, 0.1) is 15.2 Å². The number of carbonyl (C=O) groups excluding carboxylic acids is 1. The fourth-order valence-corrected chi connectivity index (χ4v) is 1.95. The van der Waals surface area contributed by atoms with Gasteiger partial charge in [0, 0.05) is 5.54 Å². The van der Waals surface area contributed by atoms with Crippen LogP contribution >= 0.6 is 27.5 Å². The Kier molecular flexibility index (Phi) is 5.05. The lowest BCUT2D eigenvalue weighted by Gasteiger charge is -2.24. The van der Waals surface area contributed by atoms with E-state index in [1.165, 1.54) is 0 Å². The van der Waals surface area contributed by atoms with Gasteiger partial charge in [0.2, 0.25) is 5.91 Å². The second-order valence-electron chi connectivity index (χ2n) is 5.21. The summed E-state index contributed by atoms with van der Waals surface area (Å²) in [6.07, 6.45) is 0. The van der Waals surface area contributed by atoms with Crippen LogP contribution in [0.1, 0.15) is 27.7 Å². The molecule has 3 nitrogen and oxygen atoms in total. The molecular weight excluding hydrogens is 316 g/mol. The molecule has 0 aliphatic rings. The smallest absolute Gasteiger partial charge is 0.242 e. The van der Waals surface area contributed by atoms with Gasteiger partial charge in [0.1, 0.15) is 6.04 Å². The van der Waals surface area contributed by atoms with Gasteiger partial charge in [0.25, 0.3) is 0 Å². The zero-order valence-electron chi connectivity index (χ0n) is 11.0. The Morgan fingerprint density at radius 1 is 1.39 bits per heavy atom.